The highest BCUT2D eigenvalue weighted by atomic mass is 35.5. The Bertz CT molecular complexity index is 775. The molecule has 0 radical (unpaired) electrons. The van der Waals surface area contributed by atoms with E-state index in [9.17, 15) is 0 Å². The van der Waals surface area contributed by atoms with Gasteiger partial charge in [0.05, 0.1) is 23.8 Å². The SMILES string of the molecule is COc1cc(C#N)cc(Cl)c1OCCOc1ccccc1C(C)(C)C. The zero-order valence-electron chi connectivity index (χ0n) is 14.9. The summed E-state index contributed by atoms with van der Waals surface area (Å²) in [6.07, 6.45) is 0. The summed E-state index contributed by atoms with van der Waals surface area (Å²) in [5.41, 5.74) is 1.56. The molecule has 0 amide bonds. The first-order chi connectivity index (χ1) is 11.9. The third kappa shape index (κ3) is 4.80. The number of para-hydroxylation sites is 1. The maximum Gasteiger partial charge on any atom is 0.179 e. The monoisotopic (exact) mass is 359 g/mol. The Kier molecular flexibility index (Phi) is 6.17. The number of halogens is 1. The third-order valence-electron chi connectivity index (χ3n) is 3.64. The van der Waals surface area contributed by atoms with Crippen molar-refractivity contribution in [2.24, 2.45) is 0 Å². The van der Waals surface area contributed by atoms with Crippen molar-refractivity contribution in [2.75, 3.05) is 20.3 Å². The van der Waals surface area contributed by atoms with Crippen LogP contribution in [0.5, 0.6) is 17.2 Å². The molecular formula is C20H22ClNO3. The van der Waals surface area contributed by atoms with Gasteiger partial charge in [-0.05, 0) is 23.1 Å². The Morgan fingerprint density at radius 1 is 1.04 bits per heavy atom. The minimum absolute atomic E-state index is 0.00287. The van der Waals surface area contributed by atoms with Gasteiger partial charge in [0, 0.05) is 6.07 Å². The Balaban J connectivity index is 2.03. The fourth-order valence-corrected chi connectivity index (χ4v) is 2.70. The van der Waals surface area contributed by atoms with E-state index in [1.54, 1.807) is 12.1 Å². The zero-order chi connectivity index (χ0) is 18.4. The highest BCUT2D eigenvalue weighted by Gasteiger charge is 2.18. The van der Waals surface area contributed by atoms with Crippen LogP contribution in [0.3, 0.4) is 0 Å². The number of hydrogen-bond acceptors (Lipinski definition) is 4. The maximum atomic E-state index is 8.98. The van der Waals surface area contributed by atoms with Crippen molar-refractivity contribution >= 4 is 11.6 Å². The first-order valence-electron chi connectivity index (χ1n) is 7.99. The van der Waals surface area contributed by atoms with Gasteiger partial charge in [0.15, 0.2) is 11.5 Å². The van der Waals surface area contributed by atoms with Gasteiger partial charge < -0.3 is 14.2 Å². The molecule has 2 aromatic carbocycles. The molecule has 132 valence electrons. The van der Waals surface area contributed by atoms with E-state index in [1.807, 2.05) is 24.3 Å². The normalized spacial score (nSPS) is 10.9. The van der Waals surface area contributed by atoms with E-state index in [2.05, 4.69) is 26.8 Å². The Labute approximate surface area is 153 Å². The summed E-state index contributed by atoms with van der Waals surface area (Å²) in [6.45, 7) is 7.11. The second kappa shape index (κ2) is 8.13. The first-order valence-corrected chi connectivity index (χ1v) is 8.37. The minimum atomic E-state index is -0.00287. The van der Waals surface area contributed by atoms with Crippen LogP contribution in [0, 0.1) is 11.3 Å². The van der Waals surface area contributed by atoms with Crippen molar-refractivity contribution < 1.29 is 14.2 Å². The summed E-state index contributed by atoms with van der Waals surface area (Å²) >= 11 is 6.18. The Hall–Kier alpha value is -2.38. The van der Waals surface area contributed by atoms with E-state index in [0.29, 0.717) is 35.3 Å². The summed E-state index contributed by atoms with van der Waals surface area (Å²) in [4.78, 5) is 0. The average molecular weight is 360 g/mol. The van der Waals surface area contributed by atoms with Crippen LogP contribution in [0.2, 0.25) is 5.02 Å². The number of nitrogens with zero attached hydrogens (tertiary/aromatic N) is 1. The molecule has 5 heteroatoms. The van der Waals surface area contributed by atoms with Gasteiger partial charge in [-0.2, -0.15) is 5.26 Å². The fourth-order valence-electron chi connectivity index (χ4n) is 2.43. The molecule has 0 spiro atoms. The first kappa shape index (κ1) is 19.0. The molecule has 4 nitrogen and oxygen atoms in total. The van der Waals surface area contributed by atoms with Gasteiger partial charge in [0.2, 0.25) is 0 Å². The van der Waals surface area contributed by atoms with Crippen molar-refractivity contribution in [1.29, 1.82) is 5.26 Å². The molecule has 0 atom stereocenters. The van der Waals surface area contributed by atoms with Gasteiger partial charge in [0.1, 0.15) is 19.0 Å². The van der Waals surface area contributed by atoms with E-state index in [1.165, 1.54) is 7.11 Å². The van der Waals surface area contributed by atoms with E-state index >= 15 is 0 Å². The summed E-state index contributed by atoms with van der Waals surface area (Å²) in [5, 5.41) is 9.32. The standard InChI is InChI=1S/C20H22ClNO3/c1-20(2,3)15-7-5-6-8-17(15)24-9-10-25-19-16(21)11-14(13-22)12-18(19)23-4/h5-8,11-12H,9-10H2,1-4H3. The van der Waals surface area contributed by atoms with Crippen LogP contribution in [0.15, 0.2) is 36.4 Å². The molecule has 0 aliphatic rings. The molecule has 0 saturated heterocycles. The van der Waals surface area contributed by atoms with Crippen LogP contribution in [0.25, 0.3) is 0 Å². The molecule has 0 heterocycles. The van der Waals surface area contributed by atoms with E-state index in [-0.39, 0.29) is 5.41 Å². The molecule has 25 heavy (non-hydrogen) atoms. The lowest BCUT2D eigenvalue weighted by atomic mass is 9.86. The quantitative estimate of drug-likeness (QED) is 0.683. The van der Waals surface area contributed by atoms with Gasteiger partial charge in [0.25, 0.3) is 0 Å². The second-order valence-corrected chi connectivity index (χ2v) is 6.95. The van der Waals surface area contributed by atoms with Gasteiger partial charge >= 0.3 is 0 Å². The summed E-state index contributed by atoms with van der Waals surface area (Å²) in [7, 11) is 1.51. The number of rotatable bonds is 6. The number of benzene rings is 2. The van der Waals surface area contributed by atoms with E-state index < -0.39 is 0 Å². The largest absolute Gasteiger partial charge is 0.493 e. The number of ether oxygens (including phenoxy) is 3. The minimum Gasteiger partial charge on any atom is -0.493 e. The molecule has 0 aromatic heterocycles. The molecule has 0 unspecified atom stereocenters. The lowest BCUT2D eigenvalue weighted by molar-refractivity contribution is 0.209. The number of methoxy groups -OCH3 is 1. The van der Waals surface area contributed by atoms with Crippen molar-refractivity contribution in [2.45, 2.75) is 26.2 Å². The lowest BCUT2D eigenvalue weighted by Gasteiger charge is -2.22. The molecule has 2 rings (SSSR count). The molecule has 0 aliphatic carbocycles. The van der Waals surface area contributed by atoms with Crippen molar-refractivity contribution in [3.8, 4) is 23.3 Å². The van der Waals surface area contributed by atoms with Crippen molar-refractivity contribution in [3.63, 3.8) is 0 Å². The summed E-state index contributed by atoms with van der Waals surface area (Å²) < 4.78 is 16.8. The van der Waals surface area contributed by atoms with Crippen LogP contribution in [-0.2, 0) is 5.41 Å². The second-order valence-electron chi connectivity index (χ2n) is 6.54. The third-order valence-corrected chi connectivity index (χ3v) is 3.92. The van der Waals surface area contributed by atoms with Crippen LogP contribution in [0.4, 0.5) is 0 Å². The van der Waals surface area contributed by atoms with Gasteiger partial charge in [-0.25, -0.2) is 0 Å². The molecule has 0 bridgehead atoms. The number of nitriles is 1. The predicted molar refractivity (Wildman–Crippen MR) is 98.9 cm³/mol. The molecule has 2 aromatic rings. The maximum absolute atomic E-state index is 8.98. The topological polar surface area (TPSA) is 51.5 Å². The molecular weight excluding hydrogens is 338 g/mol. The predicted octanol–water partition coefficient (Wildman–Crippen LogP) is 4.98. The van der Waals surface area contributed by atoms with Gasteiger partial charge in [-0.15, -0.1) is 0 Å². The Morgan fingerprint density at radius 2 is 1.72 bits per heavy atom. The van der Waals surface area contributed by atoms with Crippen LogP contribution < -0.4 is 14.2 Å². The highest BCUT2D eigenvalue weighted by Crippen LogP contribution is 2.36. The van der Waals surface area contributed by atoms with E-state index in [0.717, 1.165) is 11.3 Å². The van der Waals surface area contributed by atoms with Crippen LogP contribution >= 0.6 is 11.6 Å². The van der Waals surface area contributed by atoms with Gasteiger partial charge in [-0.3, -0.25) is 0 Å². The molecule has 0 fully saturated rings. The van der Waals surface area contributed by atoms with Crippen LogP contribution in [-0.4, -0.2) is 20.3 Å². The lowest BCUT2D eigenvalue weighted by Crippen LogP contribution is -2.16. The highest BCUT2D eigenvalue weighted by molar-refractivity contribution is 6.32. The zero-order valence-corrected chi connectivity index (χ0v) is 15.7. The van der Waals surface area contributed by atoms with Gasteiger partial charge in [-0.1, -0.05) is 50.6 Å². The number of hydrogen-bond donors (Lipinski definition) is 0. The summed E-state index contributed by atoms with van der Waals surface area (Å²) in [5.74, 6) is 1.69. The smallest absolute Gasteiger partial charge is 0.179 e. The summed E-state index contributed by atoms with van der Waals surface area (Å²) in [6, 6.07) is 13.2. The fraction of sp³-hybridized carbons (Fsp3) is 0.350. The molecule has 0 N–H and O–H groups in total. The van der Waals surface area contributed by atoms with Crippen LogP contribution in [0.1, 0.15) is 31.9 Å². The Morgan fingerprint density at radius 3 is 2.36 bits per heavy atom. The van der Waals surface area contributed by atoms with E-state index in [4.69, 9.17) is 31.1 Å². The molecule has 0 saturated carbocycles. The van der Waals surface area contributed by atoms with Crippen molar-refractivity contribution in [1.82, 2.24) is 0 Å². The molecule has 0 aliphatic heterocycles. The average Bonchev–Trinajstić information content (AvgIpc) is 2.58. The van der Waals surface area contributed by atoms with Crippen molar-refractivity contribution in [3.05, 3.63) is 52.5 Å².